The van der Waals surface area contributed by atoms with Crippen LogP contribution in [0.3, 0.4) is 0 Å². The van der Waals surface area contributed by atoms with Gasteiger partial charge in [-0.1, -0.05) is 94.4 Å². The molecule has 3 N–H and O–H groups in total. The first-order valence-corrected chi connectivity index (χ1v) is 12.8. The van der Waals surface area contributed by atoms with E-state index in [1.54, 1.807) is 5.43 Å². The molecule has 0 unspecified atom stereocenters. The minimum atomic E-state index is 0. The van der Waals surface area contributed by atoms with Crippen molar-refractivity contribution in [2.45, 2.75) is 20.8 Å². The third-order valence-electron chi connectivity index (χ3n) is 4.81. The minimum absolute atomic E-state index is 0. The number of hydrogen-bond acceptors (Lipinski definition) is 4. The Morgan fingerprint density at radius 2 is 1.00 bits per heavy atom. The molecular weight excluding hydrogens is 751 g/mol. The lowest BCUT2D eigenvalue weighted by Gasteiger charge is -2.04. The Balaban J connectivity index is 0.00000432. The Morgan fingerprint density at radius 3 is 1.46 bits per heavy atom. The number of benzene rings is 3. The minimum Gasteiger partial charge on any atom is -1.00 e. The number of hydrogen-bond donors (Lipinski definition) is 2. The Kier molecular flexibility index (Phi) is 12.4. The molecule has 0 aliphatic heterocycles. The first-order valence-electron chi connectivity index (χ1n) is 10.4. The van der Waals surface area contributed by atoms with Crippen LogP contribution in [0.4, 0.5) is 0 Å². The van der Waals surface area contributed by atoms with E-state index in [1.165, 1.54) is 0 Å². The van der Waals surface area contributed by atoms with Gasteiger partial charge < -0.3 is 24.0 Å². The zero-order valence-electron chi connectivity index (χ0n) is 19.3. The predicted octanol–water partition coefficient (Wildman–Crippen LogP) is 3.06. The molecule has 0 aromatic heterocycles. The van der Waals surface area contributed by atoms with Gasteiger partial charge in [-0.15, -0.1) is 5.10 Å². The maximum atomic E-state index is 4.58. The van der Waals surface area contributed by atoms with Crippen molar-refractivity contribution in [3.63, 3.8) is 0 Å². The molecule has 182 valence electrons. The molecule has 0 atom stereocenters. The van der Waals surface area contributed by atoms with Crippen LogP contribution < -0.4 is 34.8 Å². The summed E-state index contributed by atoms with van der Waals surface area (Å²) in [5.41, 5.74) is 10.1. The van der Waals surface area contributed by atoms with E-state index < -0.39 is 0 Å². The van der Waals surface area contributed by atoms with Crippen LogP contribution in [-0.4, -0.2) is 23.1 Å². The van der Waals surface area contributed by atoms with Gasteiger partial charge in [-0.25, -0.2) is 5.43 Å². The van der Waals surface area contributed by atoms with Crippen molar-refractivity contribution in [3.8, 4) is 0 Å². The fourth-order valence-electron chi connectivity index (χ4n) is 2.78. The second kappa shape index (κ2) is 14.7. The highest BCUT2D eigenvalue weighted by Gasteiger charge is 2.07. The van der Waals surface area contributed by atoms with E-state index in [0.29, 0.717) is 5.96 Å². The lowest BCUT2D eigenvalue weighted by molar-refractivity contribution is -0.549. The van der Waals surface area contributed by atoms with Crippen molar-refractivity contribution in [1.29, 1.82) is 0 Å². The van der Waals surface area contributed by atoms with Crippen LogP contribution in [0.2, 0.25) is 0 Å². The van der Waals surface area contributed by atoms with Crippen LogP contribution in [0.1, 0.15) is 37.5 Å². The highest BCUT2D eigenvalue weighted by Crippen LogP contribution is 2.13. The number of guanidine groups is 1. The maximum Gasteiger partial charge on any atom is 0.365 e. The van der Waals surface area contributed by atoms with Gasteiger partial charge in [-0.2, -0.15) is 10.5 Å². The van der Waals surface area contributed by atoms with Crippen molar-refractivity contribution < 1.29 is 29.4 Å². The smallest absolute Gasteiger partial charge is 0.365 e. The summed E-state index contributed by atoms with van der Waals surface area (Å²) >= 11 is 10.4. The molecule has 0 spiro atoms. The van der Waals surface area contributed by atoms with Gasteiger partial charge in [0.05, 0.1) is 11.4 Å². The van der Waals surface area contributed by atoms with E-state index in [4.69, 9.17) is 0 Å². The summed E-state index contributed by atoms with van der Waals surface area (Å²) in [6, 6.07) is 23.9. The van der Waals surface area contributed by atoms with Crippen LogP contribution in [0.25, 0.3) is 0 Å². The van der Waals surface area contributed by atoms with Gasteiger partial charge in [-0.3, -0.25) is 0 Å². The molecule has 0 heterocycles. The second-order valence-electron chi connectivity index (χ2n) is 7.34. The third kappa shape index (κ3) is 9.68. The molecule has 10 heteroatoms. The Hall–Kier alpha value is -1.73. The number of rotatable bonds is 6. The van der Waals surface area contributed by atoms with Crippen LogP contribution in [-0.2, 0) is 0 Å². The fourth-order valence-corrected chi connectivity index (χ4v) is 3.57. The van der Waals surface area contributed by atoms with Crippen LogP contribution in [0.5, 0.6) is 0 Å². The lowest BCUT2D eigenvalue weighted by atomic mass is 10.1. The summed E-state index contributed by atoms with van der Waals surface area (Å²) in [7, 11) is 0. The predicted molar refractivity (Wildman–Crippen MR) is 152 cm³/mol. The normalized spacial score (nSPS) is 12.9. The monoisotopic (exact) mass is 772 g/mol. The number of halogens is 4. The fraction of sp³-hybridized carbons (Fsp3) is 0.120. The quantitative estimate of drug-likeness (QED) is 0.131. The highest BCUT2D eigenvalue weighted by molar-refractivity contribution is 9.11. The standard InChI is InChI=1S/C25H23Br3N6.HI/c1-16(19-4-10-22(26)11-5-19)29-32-25(33-30-17(2)20-6-12-23(27)13-7-20)34-31-18(3)21-8-14-24(28)15-9-21;/h4-15H,1-3H3,(H2,32,33,34);1H/b29-16-,30-17-,31-18-;. The molecule has 0 saturated heterocycles. The van der Waals surface area contributed by atoms with Crippen molar-refractivity contribution in [1.82, 2.24) is 5.43 Å². The average molecular weight is 775 g/mol. The SMILES string of the molecule is C/C(=N/N=C(\N/N=C(/C)c1ccc(Br)cc1)[NH2+]/N=C(/C)c1ccc(Br)cc1)c1ccc(Br)cc1.[I-]. The lowest BCUT2D eigenvalue weighted by Crippen LogP contribution is -3.00. The second-order valence-corrected chi connectivity index (χ2v) is 10.1. The van der Waals surface area contributed by atoms with Crippen LogP contribution in [0.15, 0.2) is 107 Å². The number of nitrogens with zero attached hydrogens (tertiary/aromatic N) is 4. The molecule has 0 saturated carbocycles. The van der Waals surface area contributed by atoms with E-state index in [9.17, 15) is 0 Å². The first-order chi connectivity index (χ1) is 16.3. The number of hydrazone groups is 1. The molecule has 3 rings (SSSR count). The molecule has 3 aromatic rings. The molecule has 0 radical (unpaired) electrons. The third-order valence-corrected chi connectivity index (χ3v) is 6.40. The summed E-state index contributed by atoms with van der Waals surface area (Å²) in [5, 5.41) is 17.8. The van der Waals surface area contributed by atoms with Crippen LogP contribution >= 0.6 is 47.8 Å². The summed E-state index contributed by atoms with van der Waals surface area (Å²) in [6.45, 7) is 5.79. The molecule has 0 amide bonds. The van der Waals surface area contributed by atoms with E-state index in [1.807, 2.05) is 93.6 Å². The average Bonchev–Trinajstić information content (AvgIpc) is 2.84. The maximum absolute atomic E-state index is 4.58. The molecular formula is C25H24Br3IN6. The van der Waals surface area contributed by atoms with Crippen molar-refractivity contribution in [2.24, 2.45) is 20.4 Å². The summed E-state index contributed by atoms with van der Waals surface area (Å²) in [4.78, 5) is 0. The van der Waals surface area contributed by atoms with Crippen molar-refractivity contribution in [2.75, 3.05) is 0 Å². The van der Waals surface area contributed by atoms with Gasteiger partial charge in [0.15, 0.2) is 0 Å². The largest absolute Gasteiger partial charge is 1.00 e. The van der Waals surface area contributed by atoms with Gasteiger partial charge in [-0.05, 0) is 68.3 Å². The molecule has 0 fully saturated rings. The number of nitrogens with two attached hydrogens (primary N) is 1. The molecule has 35 heavy (non-hydrogen) atoms. The van der Waals surface area contributed by atoms with E-state index in [-0.39, 0.29) is 24.0 Å². The van der Waals surface area contributed by atoms with Gasteiger partial charge >= 0.3 is 5.96 Å². The van der Waals surface area contributed by atoms with E-state index in [0.717, 1.165) is 47.2 Å². The van der Waals surface area contributed by atoms with Gasteiger partial charge in [0.2, 0.25) is 0 Å². The molecule has 3 aromatic carbocycles. The Bertz CT molecular complexity index is 1170. The molecule has 0 aliphatic carbocycles. The van der Waals surface area contributed by atoms with Gasteiger partial charge in [0, 0.05) is 19.0 Å². The van der Waals surface area contributed by atoms with E-state index >= 15 is 0 Å². The molecule has 6 nitrogen and oxygen atoms in total. The van der Waals surface area contributed by atoms with E-state index in [2.05, 4.69) is 73.6 Å². The number of nitrogens with one attached hydrogen (secondary N) is 1. The zero-order chi connectivity index (χ0) is 24.5. The number of quaternary nitrogens is 1. The Morgan fingerprint density at radius 1 is 0.600 bits per heavy atom. The molecule has 0 aliphatic rings. The topological polar surface area (TPSA) is 78.1 Å². The molecule has 0 bridgehead atoms. The van der Waals surface area contributed by atoms with Crippen molar-refractivity contribution >= 4 is 70.9 Å². The van der Waals surface area contributed by atoms with Gasteiger partial charge in [0.1, 0.15) is 5.71 Å². The highest BCUT2D eigenvalue weighted by atomic mass is 127. The summed E-state index contributed by atoms with van der Waals surface area (Å²) in [5.74, 6) is 0.421. The Labute approximate surface area is 247 Å². The van der Waals surface area contributed by atoms with Crippen LogP contribution in [0, 0.1) is 0 Å². The summed E-state index contributed by atoms with van der Waals surface area (Å²) < 4.78 is 3.05. The summed E-state index contributed by atoms with van der Waals surface area (Å²) in [6.07, 6.45) is 0. The first kappa shape index (κ1) is 29.5. The zero-order valence-corrected chi connectivity index (χ0v) is 26.2. The van der Waals surface area contributed by atoms with Crippen molar-refractivity contribution in [3.05, 3.63) is 103 Å². The van der Waals surface area contributed by atoms with Gasteiger partial charge in [0.25, 0.3) is 0 Å².